The molecule has 0 radical (unpaired) electrons. The van der Waals surface area contributed by atoms with E-state index in [1.807, 2.05) is 0 Å². The van der Waals surface area contributed by atoms with Crippen molar-refractivity contribution < 1.29 is 0 Å². The first-order valence-corrected chi connectivity index (χ1v) is 5.21. The van der Waals surface area contributed by atoms with Gasteiger partial charge in [-0.3, -0.25) is 4.68 Å². The number of nitrogens with one attached hydrogen (secondary N) is 1. The Morgan fingerprint density at radius 2 is 2.50 bits per heavy atom. The molecule has 0 aliphatic rings. The largest absolute Gasteiger partial charge is 0.360 e. The van der Waals surface area contributed by atoms with Crippen LogP contribution in [0.3, 0.4) is 0 Å². The third-order valence-electron chi connectivity index (χ3n) is 1.56. The van der Waals surface area contributed by atoms with Crippen molar-refractivity contribution in [2.75, 3.05) is 11.9 Å². The summed E-state index contributed by atoms with van der Waals surface area (Å²) in [4.78, 5) is 7.91. The maximum Gasteiger partial charge on any atom is 0.184 e. The zero-order valence-electron chi connectivity index (χ0n) is 7.22. The lowest BCUT2D eigenvalue weighted by Gasteiger charge is -2.01. The van der Waals surface area contributed by atoms with Crippen LogP contribution in [0.1, 0.15) is 0 Å². The topological polar surface area (TPSA) is 55.6 Å². The summed E-state index contributed by atoms with van der Waals surface area (Å²) >= 11 is 7.15. The van der Waals surface area contributed by atoms with Crippen LogP contribution in [-0.2, 0) is 6.54 Å². The smallest absolute Gasteiger partial charge is 0.184 e. The second-order valence-electron chi connectivity index (χ2n) is 2.55. The van der Waals surface area contributed by atoms with Gasteiger partial charge in [0, 0.05) is 6.54 Å². The highest BCUT2D eigenvalue weighted by atomic mass is 35.5. The van der Waals surface area contributed by atoms with Crippen LogP contribution in [0, 0.1) is 0 Å². The second-order valence-corrected chi connectivity index (χ2v) is 4.22. The van der Waals surface area contributed by atoms with Crippen molar-refractivity contribution in [3.05, 3.63) is 23.2 Å². The van der Waals surface area contributed by atoms with Crippen molar-refractivity contribution in [3.8, 4) is 0 Å². The number of thiazole rings is 1. The van der Waals surface area contributed by atoms with Crippen molar-refractivity contribution in [2.24, 2.45) is 0 Å². The van der Waals surface area contributed by atoms with Crippen LogP contribution in [0.4, 0.5) is 5.13 Å². The summed E-state index contributed by atoms with van der Waals surface area (Å²) in [6.45, 7) is 1.52. The zero-order valence-corrected chi connectivity index (χ0v) is 8.79. The molecule has 2 heterocycles. The molecule has 2 rings (SSSR count). The van der Waals surface area contributed by atoms with E-state index in [1.165, 1.54) is 17.7 Å². The molecular weight excluding hydrogens is 222 g/mol. The molecule has 0 spiro atoms. The highest BCUT2D eigenvalue weighted by Gasteiger charge is 1.98. The van der Waals surface area contributed by atoms with Crippen LogP contribution >= 0.6 is 22.9 Å². The van der Waals surface area contributed by atoms with Crippen molar-refractivity contribution in [1.82, 2.24) is 19.7 Å². The fourth-order valence-electron chi connectivity index (χ4n) is 0.962. The van der Waals surface area contributed by atoms with E-state index in [-0.39, 0.29) is 0 Å². The van der Waals surface area contributed by atoms with Gasteiger partial charge in [0.15, 0.2) is 5.13 Å². The van der Waals surface area contributed by atoms with Crippen LogP contribution in [0.15, 0.2) is 18.9 Å². The number of aromatic nitrogens is 4. The van der Waals surface area contributed by atoms with E-state index in [2.05, 4.69) is 20.4 Å². The summed E-state index contributed by atoms with van der Waals surface area (Å²) < 4.78 is 2.44. The molecule has 5 nitrogen and oxygen atoms in total. The number of anilines is 1. The van der Waals surface area contributed by atoms with Gasteiger partial charge in [0.2, 0.25) is 0 Å². The minimum Gasteiger partial charge on any atom is -0.360 e. The molecule has 0 saturated carbocycles. The number of rotatable bonds is 4. The van der Waals surface area contributed by atoms with E-state index in [0.29, 0.717) is 4.34 Å². The Balaban J connectivity index is 1.78. The van der Waals surface area contributed by atoms with Gasteiger partial charge in [-0.15, -0.1) is 0 Å². The standard InChI is InChI=1S/C7H8ClN5S/c8-6-3-11-7(14-6)10-1-2-13-5-9-4-12-13/h3-5H,1-2H2,(H,10,11). The number of halogens is 1. The first-order chi connectivity index (χ1) is 6.84. The molecule has 2 aromatic heterocycles. The van der Waals surface area contributed by atoms with Gasteiger partial charge in [0.25, 0.3) is 0 Å². The lowest BCUT2D eigenvalue weighted by atomic mass is 10.6. The Labute approximate surface area is 89.8 Å². The van der Waals surface area contributed by atoms with Gasteiger partial charge in [-0.25, -0.2) is 9.97 Å². The SMILES string of the molecule is Clc1cnc(NCCn2cncn2)s1. The predicted octanol–water partition coefficient (Wildman–Crippen LogP) is 1.50. The maximum absolute atomic E-state index is 5.73. The summed E-state index contributed by atoms with van der Waals surface area (Å²) in [6.07, 6.45) is 4.82. The monoisotopic (exact) mass is 229 g/mol. The highest BCUT2D eigenvalue weighted by molar-refractivity contribution is 7.19. The molecule has 2 aromatic rings. The van der Waals surface area contributed by atoms with Gasteiger partial charge >= 0.3 is 0 Å². The quantitative estimate of drug-likeness (QED) is 0.863. The van der Waals surface area contributed by atoms with Gasteiger partial charge in [0.1, 0.15) is 17.0 Å². The molecule has 7 heteroatoms. The first-order valence-electron chi connectivity index (χ1n) is 4.02. The van der Waals surface area contributed by atoms with Crippen LogP contribution in [-0.4, -0.2) is 26.3 Å². The van der Waals surface area contributed by atoms with Crippen LogP contribution in [0.25, 0.3) is 0 Å². The Morgan fingerprint density at radius 1 is 1.57 bits per heavy atom. The summed E-state index contributed by atoms with van der Waals surface area (Å²) in [5.74, 6) is 0. The average Bonchev–Trinajstić information content (AvgIpc) is 2.77. The van der Waals surface area contributed by atoms with E-state index < -0.39 is 0 Å². The van der Waals surface area contributed by atoms with Crippen LogP contribution < -0.4 is 5.32 Å². The molecule has 1 N–H and O–H groups in total. The van der Waals surface area contributed by atoms with E-state index in [4.69, 9.17) is 11.6 Å². The lowest BCUT2D eigenvalue weighted by molar-refractivity contribution is 0.636. The number of hydrogen-bond donors (Lipinski definition) is 1. The van der Waals surface area contributed by atoms with Crippen LogP contribution in [0.5, 0.6) is 0 Å². The molecule has 0 fully saturated rings. The number of hydrogen-bond acceptors (Lipinski definition) is 5. The van der Waals surface area contributed by atoms with Gasteiger partial charge in [-0.1, -0.05) is 22.9 Å². The van der Waals surface area contributed by atoms with E-state index in [1.54, 1.807) is 17.2 Å². The summed E-state index contributed by atoms with van der Waals surface area (Å²) in [6, 6.07) is 0. The number of nitrogens with zero attached hydrogens (tertiary/aromatic N) is 4. The summed E-state index contributed by atoms with van der Waals surface area (Å²) in [5.41, 5.74) is 0. The molecule has 0 unspecified atom stereocenters. The molecule has 0 amide bonds. The van der Waals surface area contributed by atoms with E-state index >= 15 is 0 Å². The minimum atomic E-state index is 0.688. The molecule has 0 atom stereocenters. The Hall–Kier alpha value is -1.14. The zero-order chi connectivity index (χ0) is 9.80. The molecular formula is C7H8ClN5S. The third kappa shape index (κ3) is 2.43. The fourth-order valence-corrected chi connectivity index (χ4v) is 1.80. The van der Waals surface area contributed by atoms with Gasteiger partial charge in [-0.2, -0.15) is 5.10 Å². The molecule has 0 aliphatic carbocycles. The molecule has 14 heavy (non-hydrogen) atoms. The fraction of sp³-hybridized carbons (Fsp3) is 0.286. The van der Waals surface area contributed by atoms with Gasteiger partial charge < -0.3 is 5.32 Å². The summed E-state index contributed by atoms with van der Waals surface area (Å²) in [5, 5.41) is 7.94. The second kappa shape index (κ2) is 4.39. The molecule has 74 valence electrons. The maximum atomic E-state index is 5.73. The average molecular weight is 230 g/mol. The molecule has 0 aromatic carbocycles. The Bertz CT molecular complexity index is 384. The Morgan fingerprint density at radius 3 is 3.14 bits per heavy atom. The molecule has 0 aliphatic heterocycles. The minimum absolute atomic E-state index is 0.688. The molecule has 0 saturated heterocycles. The first kappa shape index (κ1) is 9.42. The van der Waals surface area contributed by atoms with Crippen LogP contribution in [0.2, 0.25) is 4.34 Å². The molecule has 0 bridgehead atoms. The van der Waals surface area contributed by atoms with Crippen molar-refractivity contribution in [2.45, 2.75) is 6.54 Å². The highest BCUT2D eigenvalue weighted by Crippen LogP contribution is 2.21. The third-order valence-corrected chi connectivity index (χ3v) is 2.63. The van der Waals surface area contributed by atoms with Crippen molar-refractivity contribution >= 4 is 28.1 Å². The van der Waals surface area contributed by atoms with E-state index in [9.17, 15) is 0 Å². The predicted molar refractivity (Wildman–Crippen MR) is 55.6 cm³/mol. The van der Waals surface area contributed by atoms with Crippen molar-refractivity contribution in [1.29, 1.82) is 0 Å². The van der Waals surface area contributed by atoms with Gasteiger partial charge in [-0.05, 0) is 0 Å². The normalized spacial score (nSPS) is 10.4. The lowest BCUT2D eigenvalue weighted by Crippen LogP contribution is -2.10. The van der Waals surface area contributed by atoms with E-state index in [0.717, 1.165) is 18.2 Å². The Kier molecular flexibility index (Phi) is 2.95. The van der Waals surface area contributed by atoms with Gasteiger partial charge in [0.05, 0.1) is 12.7 Å². The van der Waals surface area contributed by atoms with Crippen molar-refractivity contribution in [3.63, 3.8) is 0 Å². The summed E-state index contributed by atoms with van der Waals surface area (Å²) in [7, 11) is 0.